The van der Waals surface area contributed by atoms with Gasteiger partial charge >= 0.3 is 0 Å². The normalized spacial score (nSPS) is 10.8. The maximum Gasteiger partial charge on any atom is 0.261 e. The molecule has 6 heteroatoms. The third-order valence-corrected chi connectivity index (χ3v) is 2.64. The van der Waals surface area contributed by atoms with E-state index in [-0.39, 0.29) is 18.9 Å². The molecule has 0 spiro atoms. The minimum Gasteiger partial charge on any atom is -0.375 e. The van der Waals surface area contributed by atoms with E-state index >= 15 is 0 Å². The quantitative estimate of drug-likeness (QED) is 0.770. The van der Waals surface area contributed by atoms with Crippen molar-refractivity contribution < 1.29 is 18.3 Å². The van der Waals surface area contributed by atoms with Crippen molar-refractivity contribution in [3.05, 3.63) is 29.8 Å². The number of nitrogens with zero attached hydrogens (tertiary/aromatic N) is 1. The Morgan fingerprint density at radius 2 is 2.00 bits per heavy atom. The Kier molecular flexibility index (Phi) is 6.38. The Labute approximate surface area is 111 Å². The summed E-state index contributed by atoms with van der Waals surface area (Å²) in [7, 11) is 1.63. The molecule has 0 aliphatic rings. The maximum atomic E-state index is 11.8. The molecule has 0 aromatic heterocycles. The van der Waals surface area contributed by atoms with Crippen LogP contribution in [0.1, 0.15) is 12.0 Å². The smallest absolute Gasteiger partial charge is 0.261 e. The third-order valence-electron chi connectivity index (χ3n) is 2.64. The standard InChI is InChI=1S/C13H18F2N2O2/c1-17(11-4-2-10(8-16)3-5-11)13(18)6-7-19-9-12(14)15/h2-5,12H,6-9,16H2,1H3. The fourth-order valence-corrected chi connectivity index (χ4v) is 1.50. The van der Waals surface area contributed by atoms with Gasteiger partial charge in [0.25, 0.3) is 6.43 Å². The molecule has 0 saturated heterocycles. The van der Waals surface area contributed by atoms with E-state index in [4.69, 9.17) is 5.73 Å². The number of benzene rings is 1. The van der Waals surface area contributed by atoms with Crippen LogP contribution < -0.4 is 10.6 Å². The average Bonchev–Trinajstić information content (AvgIpc) is 2.42. The second-order valence-corrected chi connectivity index (χ2v) is 4.04. The van der Waals surface area contributed by atoms with Crippen LogP contribution in [0.2, 0.25) is 0 Å². The summed E-state index contributed by atoms with van der Waals surface area (Å²) in [5.41, 5.74) is 7.19. The lowest BCUT2D eigenvalue weighted by Gasteiger charge is -2.17. The predicted molar refractivity (Wildman–Crippen MR) is 69.2 cm³/mol. The number of rotatable bonds is 7. The van der Waals surface area contributed by atoms with Gasteiger partial charge in [0.15, 0.2) is 0 Å². The topological polar surface area (TPSA) is 55.6 Å². The summed E-state index contributed by atoms with van der Waals surface area (Å²) < 4.78 is 28.3. The van der Waals surface area contributed by atoms with Gasteiger partial charge in [0.2, 0.25) is 5.91 Å². The second-order valence-electron chi connectivity index (χ2n) is 4.04. The van der Waals surface area contributed by atoms with Gasteiger partial charge < -0.3 is 15.4 Å². The Balaban J connectivity index is 2.42. The minimum atomic E-state index is -2.50. The van der Waals surface area contributed by atoms with E-state index in [0.717, 1.165) is 11.3 Å². The summed E-state index contributed by atoms with van der Waals surface area (Å²) in [4.78, 5) is 13.2. The number of ether oxygens (including phenoxy) is 1. The molecule has 106 valence electrons. The summed E-state index contributed by atoms with van der Waals surface area (Å²) >= 11 is 0. The highest BCUT2D eigenvalue weighted by Crippen LogP contribution is 2.14. The molecule has 0 unspecified atom stereocenters. The lowest BCUT2D eigenvalue weighted by Crippen LogP contribution is -2.27. The van der Waals surface area contributed by atoms with E-state index in [1.807, 2.05) is 12.1 Å². The molecule has 0 radical (unpaired) electrons. The fraction of sp³-hybridized carbons (Fsp3) is 0.462. The molecule has 0 saturated carbocycles. The average molecular weight is 272 g/mol. The highest BCUT2D eigenvalue weighted by atomic mass is 19.3. The van der Waals surface area contributed by atoms with Crippen molar-refractivity contribution >= 4 is 11.6 Å². The van der Waals surface area contributed by atoms with Gasteiger partial charge in [-0.15, -0.1) is 0 Å². The molecule has 0 aliphatic heterocycles. The summed E-state index contributed by atoms with van der Waals surface area (Å²) in [5.74, 6) is -0.185. The van der Waals surface area contributed by atoms with Gasteiger partial charge in [-0.05, 0) is 17.7 Å². The minimum absolute atomic E-state index is 0.00556. The van der Waals surface area contributed by atoms with Crippen molar-refractivity contribution in [1.82, 2.24) is 0 Å². The molecule has 0 heterocycles. The molecule has 4 nitrogen and oxygen atoms in total. The van der Waals surface area contributed by atoms with E-state index in [1.54, 1.807) is 19.2 Å². The van der Waals surface area contributed by atoms with Gasteiger partial charge in [0, 0.05) is 19.3 Å². The summed E-state index contributed by atoms with van der Waals surface area (Å²) in [6, 6.07) is 7.26. The largest absolute Gasteiger partial charge is 0.375 e. The van der Waals surface area contributed by atoms with Gasteiger partial charge in [-0.2, -0.15) is 0 Å². The lowest BCUT2D eigenvalue weighted by atomic mass is 10.2. The van der Waals surface area contributed by atoms with E-state index in [1.165, 1.54) is 4.90 Å². The first-order chi connectivity index (χ1) is 9.04. The number of amides is 1. The van der Waals surface area contributed by atoms with Crippen molar-refractivity contribution in [3.63, 3.8) is 0 Å². The van der Waals surface area contributed by atoms with Gasteiger partial charge in [-0.3, -0.25) is 4.79 Å². The van der Waals surface area contributed by atoms with Crippen molar-refractivity contribution in [2.24, 2.45) is 5.73 Å². The van der Waals surface area contributed by atoms with Gasteiger partial charge in [0.1, 0.15) is 6.61 Å². The van der Waals surface area contributed by atoms with Crippen LogP contribution >= 0.6 is 0 Å². The summed E-state index contributed by atoms with van der Waals surface area (Å²) in [6.45, 7) is -0.198. The lowest BCUT2D eigenvalue weighted by molar-refractivity contribution is -0.119. The number of hydrogen-bond donors (Lipinski definition) is 1. The van der Waals surface area contributed by atoms with Crippen LogP contribution in [0.15, 0.2) is 24.3 Å². The molecule has 0 atom stereocenters. The summed E-state index contributed by atoms with van der Waals surface area (Å²) in [5, 5.41) is 0. The van der Waals surface area contributed by atoms with Crippen LogP contribution in [0.5, 0.6) is 0 Å². The monoisotopic (exact) mass is 272 g/mol. The number of hydrogen-bond acceptors (Lipinski definition) is 3. The number of carbonyl (C=O) groups excluding carboxylic acids is 1. The van der Waals surface area contributed by atoms with E-state index < -0.39 is 13.0 Å². The zero-order valence-electron chi connectivity index (χ0n) is 10.8. The van der Waals surface area contributed by atoms with E-state index in [2.05, 4.69) is 4.74 Å². The van der Waals surface area contributed by atoms with Crippen LogP contribution in [-0.2, 0) is 16.1 Å². The fourth-order valence-electron chi connectivity index (χ4n) is 1.50. The van der Waals surface area contributed by atoms with E-state index in [0.29, 0.717) is 6.54 Å². The van der Waals surface area contributed by atoms with Crippen molar-refractivity contribution in [3.8, 4) is 0 Å². The van der Waals surface area contributed by atoms with Gasteiger partial charge in [-0.1, -0.05) is 12.1 Å². The Morgan fingerprint density at radius 1 is 1.37 bits per heavy atom. The molecular formula is C13H18F2N2O2. The highest BCUT2D eigenvalue weighted by Gasteiger charge is 2.11. The molecule has 19 heavy (non-hydrogen) atoms. The molecule has 0 fully saturated rings. The van der Waals surface area contributed by atoms with Crippen molar-refractivity contribution in [1.29, 1.82) is 0 Å². The first kappa shape index (κ1) is 15.5. The molecule has 1 amide bonds. The number of anilines is 1. The third kappa shape index (κ3) is 5.32. The molecule has 1 rings (SSSR count). The highest BCUT2D eigenvalue weighted by molar-refractivity contribution is 5.92. The number of carbonyl (C=O) groups is 1. The van der Waals surface area contributed by atoms with Crippen LogP contribution in [0.4, 0.5) is 14.5 Å². The molecule has 2 N–H and O–H groups in total. The first-order valence-electron chi connectivity index (χ1n) is 5.96. The zero-order chi connectivity index (χ0) is 14.3. The number of alkyl halides is 2. The summed E-state index contributed by atoms with van der Waals surface area (Å²) in [6.07, 6.45) is -2.43. The Bertz CT molecular complexity index is 396. The van der Waals surface area contributed by atoms with Crippen LogP contribution in [0, 0.1) is 0 Å². The molecule has 1 aromatic carbocycles. The maximum absolute atomic E-state index is 11.8. The van der Waals surface area contributed by atoms with Crippen LogP contribution in [0.3, 0.4) is 0 Å². The van der Waals surface area contributed by atoms with Gasteiger partial charge in [-0.25, -0.2) is 8.78 Å². The second kappa shape index (κ2) is 7.81. The van der Waals surface area contributed by atoms with Crippen LogP contribution in [0.25, 0.3) is 0 Å². The van der Waals surface area contributed by atoms with Crippen molar-refractivity contribution in [2.45, 2.75) is 19.4 Å². The van der Waals surface area contributed by atoms with Crippen LogP contribution in [-0.4, -0.2) is 32.6 Å². The zero-order valence-corrected chi connectivity index (χ0v) is 10.8. The molecule has 1 aromatic rings. The molecular weight excluding hydrogens is 254 g/mol. The first-order valence-corrected chi connectivity index (χ1v) is 5.96. The number of nitrogens with two attached hydrogens (primary N) is 1. The number of halogens is 2. The molecule has 0 bridgehead atoms. The SMILES string of the molecule is CN(C(=O)CCOCC(F)F)c1ccc(CN)cc1. The Hall–Kier alpha value is -1.53. The Morgan fingerprint density at radius 3 is 2.53 bits per heavy atom. The van der Waals surface area contributed by atoms with E-state index in [9.17, 15) is 13.6 Å². The van der Waals surface area contributed by atoms with Gasteiger partial charge in [0.05, 0.1) is 13.0 Å². The van der Waals surface area contributed by atoms with Crippen molar-refractivity contribution in [2.75, 3.05) is 25.2 Å². The predicted octanol–water partition coefficient (Wildman–Crippen LogP) is 1.78. The molecule has 0 aliphatic carbocycles.